The Balaban J connectivity index is 1.42. The van der Waals surface area contributed by atoms with Crippen LogP contribution < -0.4 is 16.0 Å². The van der Waals surface area contributed by atoms with Crippen molar-refractivity contribution in [3.05, 3.63) is 88.6 Å². The summed E-state index contributed by atoms with van der Waals surface area (Å²) in [4.78, 5) is 17.1. The highest BCUT2D eigenvalue weighted by molar-refractivity contribution is 6.06. The number of carbonyl (C=O) groups is 1. The smallest absolute Gasteiger partial charge is 0.251 e. The van der Waals surface area contributed by atoms with Crippen molar-refractivity contribution in [3.8, 4) is 6.07 Å². The molecule has 1 amide bonds. The molecular weight excluding hydrogens is 444 g/mol. The zero-order valence-electron chi connectivity index (χ0n) is 19.3. The van der Waals surface area contributed by atoms with E-state index in [-0.39, 0.29) is 12.5 Å². The SMILES string of the molecule is Cc1ccc(C#N)cc1CNC(=O)c1cccc(NCc2nnc(C3=NCNC=C3)n2CCO)c1. The average molecular weight is 471 g/mol. The largest absolute Gasteiger partial charge is 0.395 e. The molecule has 0 fully saturated rings. The number of rotatable bonds is 9. The summed E-state index contributed by atoms with van der Waals surface area (Å²) in [5.41, 5.74) is 4.43. The molecule has 3 aromatic rings. The summed E-state index contributed by atoms with van der Waals surface area (Å²) in [5, 5.41) is 36.3. The highest BCUT2D eigenvalue weighted by atomic mass is 16.3. The molecule has 2 heterocycles. The molecule has 0 unspecified atom stereocenters. The minimum Gasteiger partial charge on any atom is -0.395 e. The molecule has 2 aromatic carbocycles. The molecule has 1 aliphatic rings. The number of aliphatic hydroxyl groups excluding tert-OH is 1. The van der Waals surface area contributed by atoms with Gasteiger partial charge in [0.2, 0.25) is 0 Å². The van der Waals surface area contributed by atoms with Crippen molar-refractivity contribution < 1.29 is 9.90 Å². The Morgan fingerprint density at radius 3 is 2.89 bits per heavy atom. The summed E-state index contributed by atoms with van der Waals surface area (Å²) in [5.74, 6) is 1.03. The normalized spacial score (nSPS) is 12.4. The summed E-state index contributed by atoms with van der Waals surface area (Å²) in [7, 11) is 0. The van der Waals surface area contributed by atoms with Gasteiger partial charge >= 0.3 is 0 Å². The van der Waals surface area contributed by atoms with Crippen LogP contribution in [0.3, 0.4) is 0 Å². The Kier molecular flexibility index (Phi) is 7.50. The molecule has 1 aliphatic heterocycles. The lowest BCUT2D eigenvalue weighted by Gasteiger charge is -2.12. The molecule has 0 saturated carbocycles. The summed E-state index contributed by atoms with van der Waals surface area (Å²) in [6, 6.07) is 14.7. The fraction of sp³-hybridized carbons (Fsp3) is 0.240. The topological polar surface area (TPSA) is 140 Å². The number of nitriles is 1. The van der Waals surface area contributed by atoms with Crippen LogP contribution in [-0.4, -0.2) is 44.8 Å². The molecule has 0 atom stereocenters. The van der Waals surface area contributed by atoms with Crippen LogP contribution in [0.5, 0.6) is 0 Å². The minimum atomic E-state index is -0.211. The molecule has 10 heteroatoms. The van der Waals surface area contributed by atoms with Gasteiger partial charge in [0.1, 0.15) is 12.4 Å². The van der Waals surface area contributed by atoms with Crippen LogP contribution in [0.1, 0.15) is 38.7 Å². The van der Waals surface area contributed by atoms with Crippen LogP contribution in [0.4, 0.5) is 5.69 Å². The number of anilines is 1. The zero-order valence-corrected chi connectivity index (χ0v) is 19.3. The number of aryl methyl sites for hydroxylation is 1. The van der Waals surface area contributed by atoms with Crippen molar-refractivity contribution in [3.63, 3.8) is 0 Å². The van der Waals surface area contributed by atoms with E-state index < -0.39 is 0 Å². The number of aliphatic imine (C=N–C) groups is 1. The lowest BCUT2D eigenvalue weighted by molar-refractivity contribution is 0.0951. The number of benzene rings is 2. The van der Waals surface area contributed by atoms with Crippen LogP contribution in [0.15, 0.2) is 59.7 Å². The van der Waals surface area contributed by atoms with Crippen LogP contribution in [0, 0.1) is 18.3 Å². The van der Waals surface area contributed by atoms with Gasteiger partial charge in [0.15, 0.2) is 11.6 Å². The standard InChI is InChI=1S/C25H26N8O2/c1-17-5-6-18(13-26)11-20(17)14-29-25(35)19-3-2-4-21(12-19)28-15-23-31-32-24(33(23)9-10-34)22-7-8-27-16-30-22/h2-8,11-12,27-28,34H,9-10,14-16H2,1H3,(H,29,35). The minimum absolute atomic E-state index is 0.0559. The Hall–Kier alpha value is -4.49. The molecule has 0 radical (unpaired) electrons. The maximum Gasteiger partial charge on any atom is 0.251 e. The number of aliphatic hydroxyl groups is 1. The third-order valence-electron chi connectivity index (χ3n) is 5.57. The predicted molar refractivity (Wildman–Crippen MR) is 132 cm³/mol. The van der Waals surface area contributed by atoms with E-state index in [2.05, 4.69) is 37.2 Å². The number of allylic oxidation sites excluding steroid dienone is 1. The zero-order chi connectivity index (χ0) is 24.6. The van der Waals surface area contributed by atoms with Gasteiger partial charge in [0.25, 0.3) is 5.91 Å². The van der Waals surface area contributed by atoms with Crippen molar-refractivity contribution in [1.29, 1.82) is 5.26 Å². The number of aromatic nitrogens is 3. The fourth-order valence-electron chi connectivity index (χ4n) is 3.67. The van der Waals surface area contributed by atoms with Gasteiger partial charge in [-0.2, -0.15) is 5.26 Å². The highest BCUT2D eigenvalue weighted by Crippen LogP contribution is 2.15. The Morgan fingerprint density at radius 1 is 1.23 bits per heavy atom. The fourth-order valence-corrected chi connectivity index (χ4v) is 3.67. The maximum absolute atomic E-state index is 12.7. The first-order valence-corrected chi connectivity index (χ1v) is 11.2. The van der Waals surface area contributed by atoms with Gasteiger partial charge in [-0.1, -0.05) is 12.1 Å². The summed E-state index contributed by atoms with van der Waals surface area (Å²) < 4.78 is 1.83. The third kappa shape index (κ3) is 5.72. The molecule has 35 heavy (non-hydrogen) atoms. The lowest BCUT2D eigenvalue weighted by atomic mass is 10.1. The first-order chi connectivity index (χ1) is 17.1. The second kappa shape index (κ2) is 11.1. The highest BCUT2D eigenvalue weighted by Gasteiger charge is 2.16. The Labute approximate surface area is 203 Å². The van der Waals surface area contributed by atoms with Gasteiger partial charge in [0.05, 0.1) is 24.8 Å². The van der Waals surface area contributed by atoms with Gasteiger partial charge in [-0.3, -0.25) is 9.79 Å². The van der Waals surface area contributed by atoms with Crippen molar-refractivity contribution in [2.75, 3.05) is 18.6 Å². The van der Waals surface area contributed by atoms with Crippen LogP contribution in [0.25, 0.3) is 0 Å². The van der Waals surface area contributed by atoms with Gasteiger partial charge in [-0.15, -0.1) is 10.2 Å². The summed E-state index contributed by atoms with van der Waals surface area (Å²) >= 11 is 0. The molecule has 0 bridgehead atoms. The molecular formula is C25H26N8O2. The molecule has 0 spiro atoms. The second-order valence-corrected chi connectivity index (χ2v) is 7.92. The Morgan fingerprint density at radius 2 is 2.11 bits per heavy atom. The van der Waals surface area contributed by atoms with E-state index in [1.807, 2.05) is 29.7 Å². The van der Waals surface area contributed by atoms with Gasteiger partial charge in [-0.05, 0) is 54.5 Å². The quantitative estimate of drug-likeness (QED) is 0.374. The van der Waals surface area contributed by atoms with E-state index in [4.69, 9.17) is 5.26 Å². The molecule has 10 nitrogen and oxygen atoms in total. The summed E-state index contributed by atoms with van der Waals surface area (Å²) in [6.45, 7) is 3.38. The van der Waals surface area contributed by atoms with Crippen molar-refractivity contribution in [2.45, 2.75) is 26.6 Å². The predicted octanol–water partition coefficient (Wildman–Crippen LogP) is 1.86. The molecule has 1 aromatic heterocycles. The maximum atomic E-state index is 12.7. The first-order valence-electron chi connectivity index (χ1n) is 11.2. The van der Waals surface area contributed by atoms with Crippen LogP contribution >= 0.6 is 0 Å². The van der Waals surface area contributed by atoms with Gasteiger partial charge in [-0.25, -0.2) is 0 Å². The van der Waals surface area contributed by atoms with Gasteiger partial charge < -0.3 is 25.6 Å². The van der Waals surface area contributed by atoms with Crippen molar-refractivity contribution in [2.24, 2.45) is 4.99 Å². The number of nitrogens with one attached hydrogen (secondary N) is 3. The van der Waals surface area contributed by atoms with E-state index in [1.165, 1.54) is 0 Å². The molecule has 0 aliphatic carbocycles. The second-order valence-electron chi connectivity index (χ2n) is 7.92. The summed E-state index contributed by atoms with van der Waals surface area (Å²) in [6.07, 6.45) is 3.62. The van der Waals surface area contributed by atoms with Crippen LogP contribution in [0.2, 0.25) is 0 Å². The monoisotopic (exact) mass is 470 g/mol. The van der Waals surface area contributed by atoms with E-state index in [1.54, 1.807) is 36.5 Å². The number of hydrogen-bond donors (Lipinski definition) is 4. The molecule has 4 N–H and O–H groups in total. The lowest BCUT2D eigenvalue weighted by Crippen LogP contribution is -2.23. The molecule has 4 rings (SSSR count). The Bertz CT molecular complexity index is 1320. The van der Waals surface area contributed by atoms with Gasteiger partial charge in [0, 0.05) is 30.5 Å². The van der Waals surface area contributed by atoms with Crippen molar-refractivity contribution >= 4 is 17.3 Å². The van der Waals surface area contributed by atoms with E-state index in [0.717, 1.165) is 16.8 Å². The first kappa shape index (κ1) is 23.7. The average Bonchev–Trinajstić information content (AvgIpc) is 3.30. The number of hydrogen-bond acceptors (Lipinski definition) is 8. The molecule has 178 valence electrons. The molecule has 0 saturated heterocycles. The van der Waals surface area contributed by atoms with Crippen LogP contribution in [-0.2, 0) is 19.6 Å². The third-order valence-corrected chi connectivity index (χ3v) is 5.57. The van der Waals surface area contributed by atoms with Crippen molar-refractivity contribution in [1.82, 2.24) is 25.4 Å². The van der Waals surface area contributed by atoms with E-state index >= 15 is 0 Å². The number of nitrogens with zero attached hydrogens (tertiary/aromatic N) is 5. The van der Waals surface area contributed by atoms with E-state index in [9.17, 15) is 9.90 Å². The number of amides is 1. The number of carbonyl (C=O) groups excluding carboxylic acids is 1. The van der Waals surface area contributed by atoms with E-state index in [0.29, 0.717) is 54.8 Å².